The van der Waals surface area contributed by atoms with Crippen LogP contribution < -0.4 is 4.74 Å². The highest BCUT2D eigenvalue weighted by molar-refractivity contribution is 7.25. The lowest BCUT2D eigenvalue weighted by Gasteiger charge is -2.38. The standard InChI is InChI=1S/C18H10N8OS2/c1-22-11(9-21)24-17-25-14-12(28-17)13-15(27-18(14)5-3-2-4-6-18)26-16(29-13)23-10(7-19)8-20/h2-6H2. The van der Waals surface area contributed by atoms with Crippen molar-refractivity contribution in [3.63, 3.8) is 0 Å². The Hall–Kier alpha value is -3.64. The molecule has 2 aliphatic rings. The maximum Gasteiger partial charge on any atom is 0.352 e. The molecule has 0 atom stereocenters. The third-order valence-electron chi connectivity index (χ3n) is 4.62. The number of ether oxygens (including phenoxy) is 1. The van der Waals surface area contributed by atoms with E-state index in [1.54, 1.807) is 18.2 Å². The van der Waals surface area contributed by atoms with Crippen LogP contribution in [0, 0.1) is 40.6 Å². The first-order valence-electron chi connectivity index (χ1n) is 8.59. The van der Waals surface area contributed by atoms with Crippen LogP contribution in [0.4, 0.5) is 10.3 Å². The SMILES string of the molecule is [C-]#[N+]C(C#N)=Nc1nc2c(s1)-c1sc(N=C(C#N)C#N)nc1OC21CCCCC1. The molecule has 0 unspecified atom stereocenters. The van der Waals surface area contributed by atoms with Crippen molar-refractivity contribution in [2.45, 2.75) is 37.7 Å². The van der Waals surface area contributed by atoms with E-state index in [1.165, 1.54) is 22.7 Å². The summed E-state index contributed by atoms with van der Waals surface area (Å²) in [5.41, 5.74) is -0.164. The maximum atomic E-state index is 9.01. The van der Waals surface area contributed by atoms with Gasteiger partial charge in [0.1, 0.15) is 28.8 Å². The first-order chi connectivity index (χ1) is 14.1. The van der Waals surface area contributed by atoms with E-state index in [4.69, 9.17) is 27.1 Å². The Kier molecular flexibility index (Phi) is 4.78. The van der Waals surface area contributed by atoms with Gasteiger partial charge in [-0.15, -0.1) is 0 Å². The molecule has 1 aliphatic carbocycles. The Labute approximate surface area is 173 Å². The fourth-order valence-corrected chi connectivity index (χ4v) is 5.43. The Balaban J connectivity index is 1.87. The third kappa shape index (κ3) is 3.23. The van der Waals surface area contributed by atoms with Crippen LogP contribution in [0.1, 0.15) is 37.8 Å². The molecule has 1 spiro atoms. The predicted molar refractivity (Wildman–Crippen MR) is 106 cm³/mol. The first kappa shape index (κ1) is 18.7. The van der Waals surface area contributed by atoms with E-state index in [-0.39, 0.29) is 16.7 Å². The van der Waals surface area contributed by atoms with Crippen LogP contribution >= 0.6 is 22.7 Å². The van der Waals surface area contributed by atoms with E-state index in [0.29, 0.717) is 15.9 Å². The first-order valence-corrected chi connectivity index (χ1v) is 10.2. The van der Waals surface area contributed by atoms with Crippen molar-refractivity contribution in [3.05, 3.63) is 17.1 Å². The molecule has 0 bridgehead atoms. The Morgan fingerprint density at radius 2 is 1.69 bits per heavy atom. The number of rotatable bonds is 2. The number of fused-ring (bicyclic) bond motifs is 4. The second-order valence-electron chi connectivity index (χ2n) is 6.30. The second kappa shape index (κ2) is 7.41. The number of aromatic nitrogens is 2. The summed E-state index contributed by atoms with van der Waals surface area (Å²) in [5.74, 6) is 0.125. The van der Waals surface area contributed by atoms with Crippen LogP contribution in [0.5, 0.6) is 5.88 Å². The zero-order chi connectivity index (χ0) is 20.4. The molecule has 3 heterocycles. The molecule has 1 aliphatic heterocycles. The molecule has 140 valence electrons. The zero-order valence-electron chi connectivity index (χ0n) is 14.8. The molecule has 2 aromatic rings. The largest absolute Gasteiger partial charge is 0.463 e. The van der Waals surface area contributed by atoms with Gasteiger partial charge in [-0.25, -0.2) is 5.26 Å². The van der Waals surface area contributed by atoms with Gasteiger partial charge in [-0.05, 0) is 25.7 Å². The number of thiazole rings is 2. The minimum absolute atomic E-state index is 0.254. The van der Waals surface area contributed by atoms with Crippen molar-refractivity contribution in [3.8, 4) is 33.8 Å². The fourth-order valence-electron chi connectivity index (χ4n) is 3.41. The summed E-state index contributed by atoms with van der Waals surface area (Å²) in [7, 11) is 0. The van der Waals surface area contributed by atoms with Gasteiger partial charge >= 0.3 is 11.0 Å². The molecule has 11 heteroatoms. The summed E-state index contributed by atoms with van der Waals surface area (Å²) in [6.07, 6.45) is 4.63. The van der Waals surface area contributed by atoms with E-state index in [1.807, 2.05) is 0 Å². The number of amidine groups is 1. The monoisotopic (exact) mass is 418 g/mol. The van der Waals surface area contributed by atoms with Crippen LogP contribution in [-0.2, 0) is 5.60 Å². The van der Waals surface area contributed by atoms with E-state index in [2.05, 4.69) is 24.8 Å². The van der Waals surface area contributed by atoms with Crippen LogP contribution in [-0.4, -0.2) is 21.5 Å². The average molecular weight is 418 g/mol. The molecular formula is C18H10N8OS2. The van der Waals surface area contributed by atoms with Gasteiger partial charge < -0.3 is 9.58 Å². The molecule has 4 rings (SSSR count). The highest BCUT2D eigenvalue weighted by atomic mass is 32.1. The summed E-state index contributed by atoms with van der Waals surface area (Å²) >= 11 is 2.47. The minimum Gasteiger partial charge on any atom is -0.463 e. The molecular weight excluding hydrogens is 408 g/mol. The van der Waals surface area contributed by atoms with Crippen LogP contribution in [0.25, 0.3) is 14.6 Å². The summed E-state index contributed by atoms with van der Waals surface area (Å²) in [4.78, 5) is 21.7. The minimum atomic E-state index is -0.627. The van der Waals surface area contributed by atoms with Gasteiger partial charge in [0.15, 0.2) is 5.60 Å². The Morgan fingerprint density at radius 1 is 1.00 bits per heavy atom. The van der Waals surface area contributed by atoms with Crippen LogP contribution in [0.2, 0.25) is 0 Å². The van der Waals surface area contributed by atoms with E-state index < -0.39 is 5.60 Å². The van der Waals surface area contributed by atoms with Crippen molar-refractivity contribution >= 4 is 44.5 Å². The Bertz CT molecular complexity index is 1190. The smallest absolute Gasteiger partial charge is 0.352 e. The summed E-state index contributed by atoms with van der Waals surface area (Å²) in [6, 6.07) is 5.20. The van der Waals surface area contributed by atoms with Crippen molar-refractivity contribution in [2.75, 3.05) is 0 Å². The van der Waals surface area contributed by atoms with Gasteiger partial charge in [0.05, 0.1) is 4.88 Å². The van der Waals surface area contributed by atoms with Gasteiger partial charge in [0.2, 0.25) is 16.7 Å². The summed E-state index contributed by atoms with van der Waals surface area (Å²) in [6.45, 7) is 7.03. The Morgan fingerprint density at radius 3 is 2.34 bits per heavy atom. The van der Waals surface area contributed by atoms with Crippen molar-refractivity contribution in [2.24, 2.45) is 9.98 Å². The summed E-state index contributed by atoms with van der Waals surface area (Å²) < 4.78 is 6.32. The van der Waals surface area contributed by atoms with E-state index in [0.717, 1.165) is 42.7 Å². The third-order valence-corrected chi connectivity index (χ3v) is 6.66. The lowest BCUT2D eigenvalue weighted by Crippen LogP contribution is -2.38. The topological polar surface area (TPSA) is 135 Å². The van der Waals surface area contributed by atoms with Crippen LogP contribution in [0.15, 0.2) is 9.98 Å². The number of hydrogen-bond donors (Lipinski definition) is 0. The zero-order valence-corrected chi connectivity index (χ0v) is 16.5. The average Bonchev–Trinajstić information content (AvgIpc) is 3.35. The molecule has 0 saturated heterocycles. The fraction of sp³-hybridized carbons (Fsp3) is 0.333. The molecule has 29 heavy (non-hydrogen) atoms. The second-order valence-corrected chi connectivity index (χ2v) is 8.26. The van der Waals surface area contributed by atoms with Crippen molar-refractivity contribution in [1.29, 1.82) is 15.8 Å². The van der Waals surface area contributed by atoms with Crippen LogP contribution in [0.3, 0.4) is 0 Å². The van der Waals surface area contributed by atoms with Gasteiger partial charge in [-0.2, -0.15) is 25.5 Å². The van der Waals surface area contributed by atoms with Gasteiger partial charge in [-0.1, -0.05) is 40.7 Å². The van der Waals surface area contributed by atoms with Crippen molar-refractivity contribution < 1.29 is 4.74 Å². The van der Waals surface area contributed by atoms with E-state index in [9.17, 15) is 0 Å². The number of hydrogen-bond acceptors (Lipinski definition) is 10. The molecule has 1 fully saturated rings. The maximum absolute atomic E-state index is 9.01. The number of nitrogens with zero attached hydrogens (tertiary/aromatic N) is 8. The van der Waals surface area contributed by atoms with Crippen molar-refractivity contribution in [1.82, 2.24) is 9.97 Å². The lowest BCUT2D eigenvalue weighted by atomic mass is 9.81. The van der Waals surface area contributed by atoms with E-state index >= 15 is 0 Å². The number of nitriles is 3. The molecule has 9 nitrogen and oxygen atoms in total. The highest BCUT2D eigenvalue weighted by Gasteiger charge is 2.46. The predicted octanol–water partition coefficient (Wildman–Crippen LogP) is 4.41. The lowest BCUT2D eigenvalue weighted by molar-refractivity contribution is 0.0170. The van der Waals surface area contributed by atoms with Gasteiger partial charge in [0, 0.05) is 0 Å². The molecule has 0 amide bonds. The quantitative estimate of drug-likeness (QED) is 0.402. The molecule has 2 aromatic heterocycles. The number of aliphatic imine (C=N–C) groups is 2. The molecule has 1 saturated carbocycles. The van der Waals surface area contributed by atoms with Gasteiger partial charge in [-0.3, -0.25) is 0 Å². The summed E-state index contributed by atoms with van der Waals surface area (Å²) in [5, 5.41) is 27.5. The molecule has 0 radical (unpaired) electrons. The molecule has 0 N–H and O–H groups in total. The highest BCUT2D eigenvalue weighted by Crippen LogP contribution is 2.56. The normalized spacial score (nSPS) is 16.2. The van der Waals surface area contributed by atoms with Gasteiger partial charge in [0.25, 0.3) is 0 Å². The molecule has 0 aromatic carbocycles.